The van der Waals surface area contributed by atoms with E-state index in [1.54, 1.807) is 18.3 Å². The first-order chi connectivity index (χ1) is 13.7. The van der Waals surface area contributed by atoms with Crippen molar-refractivity contribution in [2.75, 3.05) is 11.9 Å². The SMILES string of the molecule is NCC(NC(=O)c1ccsc1Nc1ccnc2[nH]ccc12)c1cccc(Cl)c1. The maximum Gasteiger partial charge on any atom is 0.254 e. The third kappa shape index (κ3) is 3.73. The van der Waals surface area contributed by atoms with Crippen molar-refractivity contribution in [3.63, 3.8) is 0 Å². The number of carbonyl (C=O) groups is 1. The second-order valence-corrected chi connectivity index (χ2v) is 7.56. The molecule has 0 spiro atoms. The number of rotatable bonds is 6. The van der Waals surface area contributed by atoms with E-state index in [0.29, 0.717) is 10.6 Å². The molecule has 0 aliphatic rings. The first-order valence-corrected chi connectivity index (χ1v) is 9.94. The number of pyridine rings is 1. The summed E-state index contributed by atoms with van der Waals surface area (Å²) in [5.41, 5.74) is 8.99. The molecule has 6 nitrogen and oxygen atoms in total. The largest absolute Gasteiger partial charge is 0.346 e. The predicted octanol–water partition coefficient (Wildman–Crippen LogP) is 4.45. The average molecular weight is 412 g/mol. The molecule has 0 fully saturated rings. The van der Waals surface area contributed by atoms with Crippen LogP contribution < -0.4 is 16.4 Å². The number of anilines is 2. The summed E-state index contributed by atoms with van der Waals surface area (Å²) in [6.07, 6.45) is 3.56. The molecule has 3 heterocycles. The van der Waals surface area contributed by atoms with Crippen molar-refractivity contribution < 1.29 is 4.79 Å². The summed E-state index contributed by atoms with van der Waals surface area (Å²) in [4.78, 5) is 20.3. The molecule has 4 rings (SSSR count). The van der Waals surface area contributed by atoms with Gasteiger partial charge in [0.1, 0.15) is 10.6 Å². The average Bonchev–Trinajstić information content (AvgIpc) is 3.35. The molecule has 3 aromatic heterocycles. The first-order valence-electron chi connectivity index (χ1n) is 8.68. The van der Waals surface area contributed by atoms with E-state index < -0.39 is 0 Å². The van der Waals surface area contributed by atoms with Gasteiger partial charge < -0.3 is 21.4 Å². The minimum Gasteiger partial charge on any atom is -0.346 e. The normalized spacial score (nSPS) is 12.1. The molecular weight excluding hydrogens is 394 g/mol. The number of nitrogens with zero attached hydrogens (tertiary/aromatic N) is 1. The Balaban J connectivity index is 1.56. The summed E-state index contributed by atoms with van der Waals surface area (Å²) in [7, 11) is 0. The van der Waals surface area contributed by atoms with E-state index in [2.05, 4.69) is 20.6 Å². The number of halogens is 1. The highest BCUT2D eigenvalue weighted by molar-refractivity contribution is 7.14. The number of H-pyrrole nitrogens is 1. The second kappa shape index (κ2) is 8.02. The summed E-state index contributed by atoms with van der Waals surface area (Å²) in [6, 6.07) is 12.6. The van der Waals surface area contributed by atoms with E-state index in [4.69, 9.17) is 17.3 Å². The lowest BCUT2D eigenvalue weighted by molar-refractivity contribution is 0.0939. The van der Waals surface area contributed by atoms with Crippen molar-refractivity contribution in [1.82, 2.24) is 15.3 Å². The fourth-order valence-corrected chi connectivity index (χ4v) is 4.01. The summed E-state index contributed by atoms with van der Waals surface area (Å²) in [6.45, 7) is 0.271. The minimum absolute atomic E-state index is 0.196. The number of hydrogen-bond donors (Lipinski definition) is 4. The Hall–Kier alpha value is -2.87. The number of aromatic amines is 1. The van der Waals surface area contributed by atoms with Crippen LogP contribution in [0.4, 0.5) is 10.7 Å². The lowest BCUT2D eigenvalue weighted by Crippen LogP contribution is -2.33. The zero-order chi connectivity index (χ0) is 19.5. The molecule has 4 aromatic rings. The molecule has 1 unspecified atom stereocenters. The number of benzene rings is 1. The van der Waals surface area contributed by atoms with E-state index >= 15 is 0 Å². The Bertz CT molecular complexity index is 1120. The molecule has 1 amide bonds. The van der Waals surface area contributed by atoms with Crippen molar-refractivity contribution in [3.8, 4) is 0 Å². The Morgan fingerprint density at radius 1 is 1.29 bits per heavy atom. The first kappa shape index (κ1) is 18.5. The monoisotopic (exact) mass is 411 g/mol. The fourth-order valence-electron chi connectivity index (χ4n) is 3.01. The number of fused-ring (bicyclic) bond motifs is 1. The number of amides is 1. The van der Waals surface area contributed by atoms with Crippen LogP contribution in [-0.4, -0.2) is 22.4 Å². The van der Waals surface area contributed by atoms with Crippen LogP contribution in [0.3, 0.4) is 0 Å². The van der Waals surface area contributed by atoms with E-state index in [1.807, 2.05) is 41.9 Å². The zero-order valence-corrected chi connectivity index (χ0v) is 16.3. The van der Waals surface area contributed by atoms with Crippen LogP contribution >= 0.6 is 22.9 Å². The zero-order valence-electron chi connectivity index (χ0n) is 14.8. The highest BCUT2D eigenvalue weighted by Crippen LogP contribution is 2.31. The summed E-state index contributed by atoms with van der Waals surface area (Å²) in [5.74, 6) is -0.196. The standard InChI is InChI=1S/C20H18ClN5OS/c21-13-3-1-2-12(10-13)17(11-22)25-19(27)15-6-9-28-20(15)26-16-5-8-24-18-14(16)4-7-23-18/h1-10,17H,11,22H2,(H,25,27)(H2,23,24,26). The van der Waals surface area contributed by atoms with Crippen LogP contribution in [0.15, 0.2) is 60.2 Å². The van der Waals surface area contributed by atoms with Crippen LogP contribution in [0.2, 0.25) is 5.02 Å². The summed E-state index contributed by atoms with van der Waals surface area (Å²) < 4.78 is 0. The van der Waals surface area contributed by atoms with Gasteiger partial charge in [-0.2, -0.15) is 0 Å². The van der Waals surface area contributed by atoms with Crippen molar-refractivity contribution in [2.24, 2.45) is 5.73 Å². The van der Waals surface area contributed by atoms with E-state index in [1.165, 1.54) is 11.3 Å². The van der Waals surface area contributed by atoms with Crippen molar-refractivity contribution in [3.05, 3.63) is 76.4 Å². The molecule has 5 N–H and O–H groups in total. The number of nitrogens with one attached hydrogen (secondary N) is 3. The van der Waals surface area contributed by atoms with Crippen LogP contribution in [0.5, 0.6) is 0 Å². The molecule has 0 radical (unpaired) electrons. The molecule has 1 aromatic carbocycles. The number of carbonyl (C=O) groups excluding carboxylic acids is 1. The quantitative estimate of drug-likeness (QED) is 0.377. The van der Waals surface area contributed by atoms with E-state index in [0.717, 1.165) is 27.3 Å². The highest BCUT2D eigenvalue weighted by Gasteiger charge is 2.19. The number of hydrogen-bond acceptors (Lipinski definition) is 5. The maximum absolute atomic E-state index is 12.9. The minimum atomic E-state index is -0.323. The maximum atomic E-state index is 12.9. The van der Waals surface area contributed by atoms with Gasteiger partial charge in [0.15, 0.2) is 0 Å². The van der Waals surface area contributed by atoms with Crippen LogP contribution in [-0.2, 0) is 0 Å². The Kier molecular flexibility index (Phi) is 5.29. The highest BCUT2D eigenvalue weighted by atomic mass is 35.5. The molecule has 8 heteroatoms. The summed E-state index contributed by atoms with van der Waals surface area (Å²) in [5, 5.41) is 10.5. The fraction of sp³-hybridized carbons (Fsp3) is 0.100. The van der Waals surface area contributed by atoms with Gasteiger partial charge in [-0.25, -0.2) is 4.98 Å². The van der Waals surface area contributed by atoms with Crippen molar-refractivity contribution in [1.29, 1.82) is 0 Å². The lowest BCUT2D eigenvalue weighted by atomic mass is 10.1. The van der Waals surface area contributed by atoms with Crippen LogP contribution in [0, 0.1) is 0 Å². The Morgan fingerprint density at radius 3 is 3.00 bits per heavy atom. The van der Waals surface area contributed by atoms with Gasteiger partial charge in [-0.3, -0.25) is 4.79 Å². The molecular formula is C20H18ClN5OS. The molecule has 0 aliphatic heterocycles. The van der Waals surface area contributed by atoms with Gasteiger partial charge >= 0.3 is 0 Å². The van der Waals surface area contributed by atoms with E-state index in [-0.39, 0.29) is 18.5 Å². The van der Waals surface area contributed by atoms with Gasteiger partial charge in [0.05, 0.1) is 17.3 Å². The molecule has 0 bridgehead atoms. The van der Waals surface area contributed by atoms with Gasteiger partial charge in [0.2, 0.25) is 0 Å². The summed E-state index contributed by atoms with van der Waals surface area (Å²) >= 11 is 7.53. The molecule has 28 heavy (non-hydrogen) atoms. The number of nitrogens with two attached hydrogens (primary N) is 1. The second-order valence-electron chi connectivity index (χ2n) is 6.20. The molecule has 0 saturated carbocycles. The smallest absolute Gasteiger partial charge is 0.254 e. The lowest BCUT2D eigenvalue weighted by Gasteiger charge is -2.18. The van der Waals surface area contributed by atoms with Gasteiger partial charge in [-0.15, -0.1) is 11.3 Å². The van der Waals surface area contributed by atoms with Crippen molar-refractivity contribution >= 4 is 50.6 Å². The third-order valence-corrected chi connectivity index (χ3v) is 5.48. The number of thiophene rings is 1. The topological polar surface area (TPSA) is 95.8 Å². The van der Waals surface area contributed by atoms with Gasteiger partial charge in [-0.1, -0.05) is 23.7 Å². The molecule has 1 atom stereocenters. The van der Waals surface area contributed by atoms with Gasteiger partial charge in [-0.05, 0) is 41.3 Å². The van der Waals surface area contributed by atoms with Crippen LogP contribution in [0.25, 0.3) is 11.0 Å². The van der Waals surface area contributed by atoms with E-state index in [9.17, 15) is 4.79 Å². The Labute approximate surface area is 170 Å². The third-order valence-electron chi connectivity index (χ3n) is 4.41. The van der Waals surface area contributed by atoms with Gasteiger partial charge in [0.25, 0.3) is 5.91 Å². The molecule has 142 valence electrons. The van der Waals surface area contributed by atoms with Crippen molar-refractivity contribution in [2.45, 2.75) is 6.04 Å². The van der Waals surface area contributed by atoms with Crippen LogP contribution in [0.1, 0.15) is 22.0 Å². The predicted molar refractivity (Wildman–Crippen MR) is 114 cm³/mol. The van der Waals surface area contributed by atoms with Gasteiger partial charge in [0, 0.05) is 29.3 Å². The Morgan fingerprint density at radius 2 is 2.18 bits per heavy atom. The molecule has 0 saturated heterocycles. The number of aromatic nitrogens is 2. The molecule has 0 aliphatic carbocycles.